The maximum Gasteiger partial charge on any atom is 0.168 e. The minimum Gasteiger partial charge on any atom is -0.294 e. The standard InChI is InChI=1S/C17H22OS/c1-14-9-11-16(12-10-14)19-13-17(18)15-7-5-3-2-4-6-8-15/h7,9-12H,2-6,8,13H2,1H3/b15-7+. The van der Waals surface area contributed by atoms with Gasteiger partial charge >= 0.3 is 0 Å². The Kier molecular flexibility index (Phi) is 5.71. The number of benzene rings is 1. The zero-order valence-electron chi connectivity index (χ0n) is 11.7. The zero-order chi connectivity index (χ0) is 13.5. The summed E-state index contributed by atoms with van der Waals surface area (Å²) < 4.78 is 0. The molecule has 0 atom stereocenters. The Balaban J connectivity index is 1.87. The van der Waals surface area contributed by atoms with Gasteiger partial charge in [0.05, 0.1) is 5.75 Å². The van der Waals surface area contributed by atoms with Crippen LogP contribution in [0, 0.1) is 6.92 Å². The number of hydrogen-bond acceptors (Lipinski definition) is 2. The average Bonchev–Trinajstić information content (AvgIpc) is 2.37. The predicted octanol–water partition coefficient (Wildman–Crippen LogP) is 4.94. The first-order valence-corrected chi connectivity index (χ1v) is 8.16. The molecule has 1 aliphatic rings. The van der Waals surface area contributed by atoms with E-state index in [0.717, 1.165) is 18.4 Å². The van der Waals surface area contributed by atoms with Crippen LogP contribution in [0.15, 0.2) is 40.8 Å². The van der Waals surface area contributed by atoms with Crippen molar-refractivity contribution in [2.24, 2.45) is 0 Å². The first kappa shape index (κ1) is 14.4. The summed E-state index contributed by atoms with van der Waals surface area (Å²) in [5.74, 6) is 0.905. The van der Waals surface area contributed by atoms with E-state index in [9.17, 15) is 4.79 Å². The van der Waals surface area contributed by atoms with Gasteiger partial charge in [-0.15, -0.1) is 11.8 Å². The van der Waals surface area contributed by atoms with E-state index in [1.54, 1.807) is 11.8 Å². The fraction of sp³-hybridized carbons (Fsp3) is 0.471. The molecule has 19 heavy (non-hydrogen) atoms. The maximum absolute atomic E-state index is 12.2. The quantitative estimate of drug-likeness (QED) is 0.724. The zero-order valence-corrected chi connectivity index (χ0v) is 12.5. The van der Waals surface area contributed by atoms with Gasteiger partial charge in [0.25, 0.3) is 0 Å². The van der Waals surface area contributed by atoms with E-state index >= 15 is 0 Å². The number of carbonyl (C=O) groups is 1. The molecule has 0 heterocycles. The van der Waals surface area contributed by atoms with Gasteiger partial charge in [-0.2, -0.15) is 0 Å². The second-order valence-electron chi connectivity index (χ2n) is 5.21. The van der Waals surface area contributed by atoms with Crippen LogP contribution in [0.2, 0.25) is 0 Å². The Morgan fingerprint density at radius 1 is 1.11 bits per heavy atom. The molecule has 0 unspecified atom stereocenters. The molecule has 0 spiro atoms. The van der Waals surface area contributed by atoms with E-state index in [0.29, 0.717) is 11.5 Å². The Morgan fingerprint density at radius 3 is 2.63 bits per heavy atom. The number of Topliss-reactive ketones (excluding diaryl/α,β-unsaturated/α-hetero) is 1. The van der Waals surface area contributed by atoms with Crippen molar-refractivity contribution in [2.75, 3.05) is 5.75 Å². The Hall–Kier alpha value is -1.02. The summed E-state index contributed by atoms with van der Waals surface area (Å²) in [5, 5.41) is 0. The fourth-order valence-corrected chi connectivity index (χ4v) is 3.13. The van der Waals surface area contributed by atoms with Crippen LogP contribution in [-0.4, -0.2) is 11.5 Å². The number of carbonyl (C=O) groups excluding carboxylic acids is 1. The van der Waals surface area contributed by atoms with Crippen LogP contribution in [-0.2, 0) is 4.79 Å². The molecule has 0 amide bonds. The van der Waals surface area contributed by atoms with Crippen LogP contribution in [0.25, 0.3) is 0 Å². The van der Waals surface area contributed by atoms with Crippen LogP contribution in [0.3, 0.4) is 0 Å². The molecule has 0 aromatic heterocycles. The number of ketones is 1. The number of hydrogen-bond donors (Lipinski definition) is 0. The van der Waals surface area contributed by atoms with E-state index in [4.69, 9.17) is 0 Å². The molecular weight excluding hydrogens is 252 g/mol. The lowest BCUT2D eigenvalue weighted by molar-refractivity contribution is -0.113. The van der Waals surface area contributed by atoms with Crippen molar-refractivity contribution >= 4 is 17.5 Å². The van der Waals surface area contributed by atoms with Gasteiger partial charge in [0, 0.05) is 4.90 Å². The largest absolute Gasteiger partial charge is 0.294 e. The van der Waals surface area contributed by atoms with Gasteiger partial charge in [-0.1, -0.05) is 36.6 Å². The third kappa shape index (κ3) is 4.87. The predicted molar refractivity (Wildman–Crippen MR) is 82.7 cm³/mol. The van der Waals surface area contributed by atoms with Crippen molar-refractivity contribution in [3.8, 4) is 0 Å². The van der Waals surface area contributed by atoms with E-state index in [-0.39, 0.29) is 0 Å². The van der Waals surface area contributed by atoms with Crippen molar-refractivity contribution in [1.82, 2.24) is 0 Å². The molecule has 0 aliphatic heterocycles. The summed E-state index contributed by atoms with van der Waals surface area (Å²) in [5.41, 5.74) is 2.33. The average molecular weight is 274 g/mol. The Labute approximate surface area is 120 Å². The van der Waals surface area contributed by atoms with Crippen LogP contribution in [0.5, 0.6) is 0 Å². The summed E-state index contributed by atoms with van der Waals surface area (Å²) >= 11 is 1.65. The molecule has 2 rings (SSSR count). The number of thioether (sulfide) groups is 1. The Bertz CT molecular complexity index is 445. The van der Waals surface area contributed by atoms with Gasteiger partial charge in [0.1, 0.15) is 0 Å². The monoisotopic (exact) mass is 274 g/mol. The summed E-state index contributed by atoms with van der Waals surface area (Å²) in [6.07, 6.45) is 9.24. The van der Waals surface area contributed by atoms with E-state index in [2.05, 4.69) is 37.3 Å². The molecule has 0 N–H and O–H groups in total. The first-order valence-electron chi connectivity index (χ1n) is 7.17. The second-order valence-corrected chi connectivity index (χ2v) is 6.26. The minimum absolute atomic E-state index is 0.326. The third-order valence-electron chi connectivity index (χ3n) is 3.54. The summed E-state index contributed by atoms with van der Waals surface area (Å²) in [6.45, 7) is 2.08. The van der Waals surface area contributed by atoms with Gasteiger partial charge in [0.15, 0.2) is 5.78 Å². The number of rotatable bonds is 4. The molecule has 1 aromatic carbocycles. The first-order chi connectivity index (χ1) is 9.25. The molecule has 1 aliphatic carbocycles. The fourth-order valence-electron chi connectivity index (χ4n) is 2.32. The SMILES string of the molecule is Cc1ccc(SCC(=O)/C2=C/CCCCCC2)cc1. The number of allylic oxidation sites excluding steroid dienone is 2. The topological polar surface area (TPSA) is 17.1 Å². The highest BCUT2D eigenvalue weighted by atomic mass is 32.2. The summed E-state index contributed by atoms with van der Waals surface area (Å²) in [4.78, 5) is 13.4. The lowest BCUT2D eigenvalue weighted by atomic mass is 9.98. The molecule has 0 radical (unpaired) electrons. The van der Waals surface area contributed by atoms with E-state index in [1.165, 1.54) is 36.1 Å². The highest BCUT2D eigenvalue weighted by molar-refractivity contribution is 8.00. The van der Waals surface area contributed by atoms with Gasteiger partial charge in [-0.05, 0) is 50.3 Å². The lowest BCUT2D eigenvalue weighted by Gasteiger charge is -2.10. The molecule has 102 valence electrons. The molecule has 2 heteroatoms. The molecular formula is C17H22OS. The summed E-state index contributed by atoms with van der Waals surface area (Å²) in [6, 6.07) is 8.39. The van der Waals surface area contributed by atoms with Gasteiger partial charge in [0.2, 0.25) is 0 Å². The molecule has 1 aromatic rings. The van der Waals surface area contributed by atoms with Crippen molar-refractivity contribution in [1.29, 1.82) is 0 Å². The van der Waals surface area contributed by atoms with Crippen molar-refractivity contribution < 1.29 is 4.79 Å². The Morgan fingerprint density at radius 2 is 1.84 bits per heavy atom. The van der Waals surface area contributed by atoms with Crippen LogP contribution in [0.4, 0.5) is 0 Å². The third-order valence-corrected chi connectivity index (χ3v) is 4.55. The highest BCUT2D eigenvalue weighted by Gasteiger charge is 2.11. The molecule has 0 bridgehead atoms. The van der Waals surface area contributed by atoms with Gasteiger partial charge in [-0.3, -0.25) is 4.79 Å². The minimum atomic E-state index is 0.326. The highest BCUT2D eigenvalue weighted by Crippen LogP contribution is 2.22. The molecule has 1 nitrogen and oxygen atoms in total. The van der Waals surface area contributed by atoms with E-state index < -0.39 is 0 Å². The molecule has 0 saturated heterocycles. The maximum atomic E-state index is 12.2. The van der Waals surface area contributed by atoms with E-state index in [1.807, 2.05) is 0 Å². The molecule has 0 saturated carbocycles. The normalized spacial score (nSPS) is 19.1. The van der Waals surface area contributed by atoms with Crippen molar-refractivity contribution in [3.63, 3.8) is 0 Å². The van der Waals surface area contributed by atoms with Crippen LogP contribution < -0.4 is 0 Å². The van der Waals surface area contributed by atoms with Gasteiger partial charge < -0.3 is 0 Å². The van der Waals surface area contributed by atoms with Crippen LogP contribution in [0.1, 0.15) is 44.1 Å². The van der Waals surface area contributed by atoms with Crippen molar-refractivity contribution in [3.05, 3.63) is 41.5 Å². The summed E-state index contributed by atoms with van der Waals surface area (Å²) in [7, 11) is 0. The lowest BCUT2D eigenvalue weighted by Crippen LogP contribution is -2.07. The second kappa shape index (κ2) is 7.54. The van der Waals surface area contributed by atoms with Crippen LogP contribution >= 0.6 is 11.8 Å². The number of aryl methyl sites for hydroxylation is 1. The molecule has 0 fully saturated rings. The van der Waals surface area contributed by atoms with Crippen molar-refractivity contribution in [2.45, 2.75) is 50.3 Å². The van der Waals surface area contributed by atoms with Gasteiger partial charge in [-0.25, -0.2) is 0 Å². The smallest absolute Gasteiger partial charge is 0.168 e.